The Morgan fingerprint density at radius 3 is 2.82 bits per heavy atom. The molecule has 116 valence electrons. The number of esters is 1. The van der Waals surface area contributed by atoms with Crippen molar-refractivity contribution in [1.29, 1.82) is 0 Å². The summed E-state index contributed by atoms with van der Waals surface area (Å²) < 4.78 is 10.9. The lowest BCUT2D eigenvalue weighted by molar-refractivity contribution is -0.156. The zero-order valence-corrected chi connectivity index (χ0v) is 13.0. The molecule has 1 heterocycles. The van der Waals surface area contributed by atoms with E-state index in [0.29, 0.717) is 12.8 Å². The molecule has 4 heteroatoms. The van der Waals surface area contributed by atoms with Crippen molar-refractivity contribution >= 4 is 22.7 Å². The molecule has 0 radical (unpaired) electrons. The molecule has 1 aliphatic rings. The SMILES string of the molecule is Cc1cc2occ(CC(=O)O[C@H]3CCCCC3=O)c2cc1C. The maximum absolute atomic E-state index is 12.1. The van der Waals surface area contributed by atoms with E-state index in [-0.39, 0.29) is 18.2 Å². The van der Waals surface area contributed by atoms with Crippen molar-refractivity contribution in [2.75, 3.05) is 0 Å². The number of aryl methyl sites for hydroxylation is 2. The van der Waals surface area contributed by atoms with Gasteiger partial charge in [-0.1, -0.05) is 0 Å². The fraction of sp³-hybridized carbons (Fsp3) is 0.444. The molecule has 3 rings (SSSR count). The number of fused-ring (bicyclic) bond motifs is 1. The van der Waals surface area contributed by atoms with E-state index in [9.17, 15) is 9.59 Å². The van der Waals surface area contributed by atoms with E-state index in [0.717, 1.165) is 40.5 Å². The third kappa shape index (κ3) is 2.91. The summed E-state index contributed by atoms with van der Waals surface area (Å²) in [6, 6.07) is 4.01. The van der Waals surface area contributed by atoms with Gasteiger partial charge in [-0.05, 0) is 56.4 Å². The summed E-state index contributed by atoms with van der Waals surface area (Å²) in [5.41, 5.74) is 3.90. The van der Waals surface area contributed by atoms with E-state index in [1.807, 2.05) is 26.0 Å². The average molecular weight is 300 g/mol. The lowest BCUT2D eigenvalue weighted by atomic mass is 9.96. The molecule has 0 spiro atoms. The van der Waals surface area contributed by atoms with Crippen LogP contribution in [0.5, 0.6) is 0 Å². The quantitative estimate of drug-likeness (QED) is 0.812. The van der Waals surface area contributed by atoms with E-state index < -0.39 is 6.10 Å². The molecule has 0 bridgehead atoms. The predicted octanol–water partition coefficient (Wildman–Crippen LogP) is 3.65. The maximum atomic E-state index is 12.1. The summed E-state index contributed by atoms with van der Waals surface area (Å²) in [6.45, 7) is 4.06. The summed E-state index contributed by atoms with van der Waals surface area (Å²) in [5.74, 6) is -0.315. The summed E-state index contributed by atoms with van der Waals surface area (Å²) in [6.07, 6.45) is 4.20. The molecule has 0 saturated heterocycles. The van der Waals surface area contributed by atoms with Crippen LogP contribution in [-0.2, 0) is 20.7 Å². The van der Waals surface area contributed by atoms with Crippen molar-refractivity contribution in [3.8, 4) is 0 Å². The largest absolute Gasteiger partial charge is 0.464 e. The zero-order chi connectivity index (χ0) is 15.7. The number of benzene rings is 1. The van der Waals surface area contributed by atoms with Gasteiger partial charge < -0.3 is 9.15 Å². The number of hydrogen-bond acceptors (Lipinski definition) is 4. The highest BCUT2D eigenvalue weighted by molar-refractivity contribution is 5.89. The Morgan fingerprint density at radius 2 is 2.05 bits per heavy atom. The highest BCUT2D eigenvalue weighted by Crippen LogP contribution is 2.26. The van der Waals surface area contributed by atoms with Crippen molar-refractivity contribution < 1.29 is 18.7 Å². The number of carbonyl (C=O) groups excluding carboxylic acids is 2. The molecule has 0 N–H and O–H groups in total. The molecular weight excluding hydrogens is 280 g/mol. The van der Waals surface area contributed by atoms with Crippen LogP contribution >= 0.6 is 0 Å². The minimum absolute atomic E-state index is 0.0446. The van der Waals surface area contributed by atoms with E-state index in [1.54, 1.807) is 6.26 Å². The number of carbonyl (C=O) groups is 2. The van der Waals surface area contributed by atoms with E-state index in [4.69, 9.17) is 9.15 Å². The van der Waals surface area contributed by atoms with E-state index in [2.05, 4.69) is 0 Å². The van der Waals surface area contributed by atoms with Gasteiger partial charge in [0.2, 0.25) is 0 Å². The van der Waals surface area contributed by atoms with Gasteiger partial charge in [-0.15, -0.1) is 0 Å². The third-order valence-electron chi connectivity index (χ3n) is 4.38. The van der Waals surface area contributed by atoms with Gasteiger partial charge in [0.05, 0.1) is 12.7 Å². The van der Waals surface area contributed by atoms with Crippen molar-refractivity contribution in [1.82, 2.24) is 0 Å². The second kappa shape index (κ2) is 5.95. The Kier molecular flexibility index (Phi) is 4.01. The highest BCUT2D eigenvalue weighted by Gasteiger charge is 2.26. The molecule has 0 unspecified atom stereocenters. The first-order valence-electron chi connectivity index (χ1n) is 7.74. The minimum atomic E-state index is -0.552. The van der Waals surface area contributed by atoms with Crippen molar-refractivity contribution in [3.05, 3.63) is 35.1 Å². The van der Waals surface area contributed by atoms with Crippen LogP contribution in [0.3, 0.4) is 0 Å². The summed E-state index contributed by atoms with van der Waals surface area (Å²) >= 11 is 0. The normalized spacial score (nSPS) is 18.6. The van der Waals surface area contributed by atoms with Gasteiger partial charge in [-0.2, -0.15) is 0 Å². The van der Waals surface area contributed by atoms with Crippen LogP contribution in [0.15, 0.2) is 22.8 Å². The van der Waals surface area contributed by atoms with Crippen LogP contribution in [0.25, 0.3) is 11.0 Å². The monoisotopic (exact) mass is 300 g/mol. The zero-order valence-electron chi connectivity index (χ0n) is 13.0. The van der Waals surface area contributed by atoms with Gasteiger partial charge in [-0.3, -0.25) is 9.59 Å². The summed E-state index contributed by atoms with van der Waals surface area (Å²) in [7, 11) is 0. The molecule has 1 fully saturated rings. The molecule has 1 aromatic carbocycles. The maximum Gasteiger partial charge on any atom is 0.311 e. The van der Waals surface area contributed by atoms with Crippen molar-refractivity contribution in [2.45, 2.75) is 52.1 Å². The van der Waals surface area contributed by atoms with Gasteiger partial charge in [-0.25, -0.2) is 0 Å². The molecule has 4 nitrogen and oxygen atoms in total. The Balaban J connectivity index is 1.74. The van der Waals surface area contributed by atoms with E-state index in [1.165, 1.54) is 0 Å². The molecule has 1 saturated carbocycles. The number of ketones is 1. The number of Topliss-reactive ketones (excluding diaryl/α,β-unsaturated/α-hetero) is 1. The molecular formula is C18H20O4. The Bertz CT molecular complexity index is 726. The molecule has 22 heavy (non-hydrogen) atoms. The van der Waals surface area contributed by atoms with Gasteiger partial charge in [0.1, 0.15) is 5.58 Å². The van der Waals surface area contributed by atoms with Gasteiger partial charge in [0.25, 0.3) is 0 Å². The van der Waals surface area contributed by atoms with Gasteiger partial charge in [0, 0.05) is 17.4 Å². The summed E-state index contributed by atoms with van der Waals surface area (Å²) in [5, 5.41) is 0.940. The van der Waals surface area contributed by atoms with Crippen LogP contribution in [0.4, 0.5) is 0 Å². The predicted molar refractivity (Wildman–Crippen MR) is 82.7 cm³/mol. The molecule has 0 amide bonds. The fourth-order valence-electron chi connectivity index (χ4n) is 2.90. The second-order valence-electron chi connectivity index (χ2n) is 6.06. The number of furan rings is 1. The first kappa shape index (κ1) is 14.8. The van der Waals surface area contributed by atoms with Gasteiger partial charge in [0.15, 0.2) is 11.9 Å². The smallest absolute Gasteiger partial charge is 0.311 e. The fourth-order valence-corrected chi connectivity index (χ4v) is 2.90. The van der Waals surface area contributed by atoms with Gasteiger partial charge >= 0.3 is 5.97 Å². The first-order valence-corrected chi connectivity index (χ1v) is 7.74. The highest BCUT2D eigenvalue weighted by atomic mass is 16.5. The molecule has 0 aliphatic heterocycles. The molecule has 1 aliphatic carbocycles. The summed E-state index contributed by atoms with van der Waals surface area (Å²) in [4.78, 5) is 23.8. The second-order valence-corrected chi connectivity index (χ2v) is 6.06. The van der Waals surface area contributed by atoms with Crippen molar-refractivity contribution in [3.63, 3.8) is 0 Å². The lowest BCUT2D eigenvalue weighted by Gasteiger charge is -2.20. The number of hydrogen-bond donors (Lipinski definition) is 0. The van der Waals surface area contributed by atoms with E-state index >= 15 is 0 Å². The van der Waals surface area contributed by atoms with Crippen LogP contribution in [0.2, 0.25) is 0 Å². The van der Waals surface area contributed by atoms with Crippen LogP contribution in [0.1, 0.15) is 42.4 Å². The van der Waals surface area contributed by atoms with Crippen LogP contribution < -0.4 is 0 Å². The first-order chi connectivity index (χ1) is 10.5. The van der Waals surface area contributed by atoms with Crippen LogP contribution in [-0.4, -0.2) is 17.9 Å². The van der Waals surface area contributed by atoms with Crippen molar-refractivity contribution in [2.24, 2.45) is 0 Å². The number of rotatable bonds is 3. The number of ether oxygens (including phenoxy) is 1. The molecule has 2 aromatic rings. The third-order valence-corrected chi connectivity index (χ3v) is 4.38. The topological polar surface area (TPSA) is 56.5 Å². The minimum Gasteiger partial charge on any atom is -0.464 e. The van der Waals surface area contributed by atoms with Crippen LogP contribution in [0, 0.1) is 13.8 Å². The Hall–Kier alpha value is -2.10. The Labute approximate surface area is 129 Å². The average Bonchev–Trinajstić information content (AvgIpc) is 2.84. The Morgan fingerprint density at radius 1 is 1.27 bits per heavy atom. The molecule has 1 aromatic heterocycles. The standard InChI is InChI=1S/C18H20O4/c1-11-7-14-13(10-21-17(14)8-12(11)2)9-18(20)22-16-6-4-3-5-15(16)19/h7-8,10,16H,3-6,9H2,1-2H3/t16-/m0/s1. The molecule has 1 atom stereocenters. The lowest BCUT2D eigenvalue weighted by Crippen LogP contribution is -2.30.